The van der Waals surface area contributed by atoms with E-state index in [2.05, 4.69) is 18.2 Å². The molecule has 0 bridgehead atoms. The monoisotopic (exact) mass is 323 g/mol. The fourth-order valence-electron chi connectivity index (χ4n) is 4.20. The van der Waals surface area contributed by atoms with Crippen molar-refractivity contribution in [1.82, 2.24) is 4.90 Å². The van der Waals surface area contributed by atoms with Gasteiger partial charge in [-0.15, -0.1) is 0 Å². The second-order valence-corrected chi connectivity index (χ2v) is 6.39. The summed E-state index contributed by atoms with van der Waals surface area (Å²) in [6, 6.07) is 8.26. The standard InChI is InChI=1S/C19H17NO4/c1-22-13-2-3-14-12(6-13)7-15-17-11(4-5-20(15)9-21)8-16-19(18(14)17)24-10-23-16/h2-3,6,8-9,15H,4-5,7,10H2,1H3/t15-/m1/s1. The van der Waals surface area contributed by atoms with Crippen LogP contribution in [0.1, 0.15) is 22.7 Å². The van der Waals surface area contributed by atoms with Gasteiger partial charge in [-0.2, -0.15) is 0 Å². The lowest BCUT2D eigenvalue weighted by Crippen LogP contribution is -2.37. The third-order valence-corrected chi connectivity index (χ3v) is 5.29. The molecule has 3 aliphatic rings. The highest BCUT2D eigenvalue weighted by Crippen LogP contribution is 2.53. The van der Waals surface area contributed by atoms with E-state index in [4.69, 9.17) is 14.2 Å². The van der Waals surface area contributed by atoms with Crippen molar-refractivity contribution < 1.29 is 19.0 Å². The van der Waals surface area contributed by atoms with Gasteiger partial charge < -0.3 is 19.1 Å². The zero-order chi connectivity index (χ0) is 16.3. The van der Waals surface area contributed by atoms with Crippen LogP contribution in [0.2, 0.25) is 0 Å². The number of nitrogens with zero attached hydrogens (tertiary/aromatic N) is 1. The molecular weight excluding hydrogens is 306 g/mol. The van der Waals surface area contributed by atoms with Gasteiger partial charge in [0.2, 0.25) is 13.2 Å². The van der Waals surface area contributed by atoms with Gasteiger partial charge >= 0.3 is 0 Å². The molecule has 0 spiro atoms. The van der Waals surface area contributed by atoms with Crippen LogP contribution < -0.4 is 14.2 Å². The molecule has 5 nitrogen and oxygen atoms in total. The number of carbonyl (C=O) groups excluding carboxylic acids is 1. The number of ether oxygens (including phenoxy) is 3. The molecule has 1 aliphatic carbocycles. The van der Waals surface area contributed by atoms with Crippen molar-refractivity contribution >= 4 is 6.41 Å². The van der Waals surface area contributed by atoms with Crippen molar-refractivity contribution in [1.29, 1.82) is 0 Å². The van der Waals surface area contributed by atoms with E-state index in [1.807, 2.05) is 11.0 Å². The highest BCUT2D eigenvalue weighted by atomic mass is 16.7. The molecule has 0 N–H and O–H groups in total. The summed E-state index contributed by atoms with van der Waals surface area (Å²) in [6.45, 7) is 0.984. The molecule has 5 heteroatoms. The Bertz CT molecular complexity index is 861. The summed E-state index contributed by atoms with van der Waals surface area (Å²) < 4.78 is 16.8. The van der Waals surface area contributed by atoms with Crippen molar-refractivity contribution in [3.63, 3.8) is 0 Å². The number of rotatable bonds is 2. The second-order valence-electron chi connectivity index (χ2n) is 6.39. The van der Waals surface area contributed by atoms with Crippen LogP contribution in [0, 0.1) is 0 Å². The first-order valence-corrected chi connectivity index (χ1v) is 8.14. The summed E-state index contributed by atoms with van der Waals surface area (Å²) in [5, 5.41) is 0. The Morgan fingerprint density at radius 1 is 1.25 bits per heavy atom. The van der Waals surface area contributed by atoms with Gasteiger partial charge in [0, 0.05) is 12.1 Å². The van der Waals surface area contributed by atoms with Gasteiger partial charge in [0.15, 0.2) is 11.5 Å². The van der Waals surface area contributed by atoms with E-state index in [1.54, 1.807) is 7.11 Å². The zero-order valence-electron chi connectivity index (χ0n) is 13.4. The molecular formula is C19H17NO4. The summed E-state index contributed by atoms with van der Waals surface area (Å²) in [4.78, 5) is 13.5. The Labute approximate surface area is 139 Å². The predicted octanol–water partition coefficient (Wildman–Crippen LogP) is 2.70. The molecule has 122 valence electrons. The minimum Gasteiger partial charge on any atom is -0.497 e. The Hall–Kier alpha value is -2.69. The number of amides is 1. The minimum atomic E-state index is 0.0513. The molecule has 2 aliphatic heterocycles. The SMILES string of the molecule is COc1ccc2c(c1)C[C@@H]1c3c(cc4c(c3-2)OCO4)CCN1C=O. The fourth-order valence-corrected chi connectivity index (χ4v) is 4.20. The third kappa shape index (κ3) is 1.72. The third-order valence-electron chi connectivity index (χ3n) is 5.29. The van der Waals surface area contributed by atoms with Crippen LogP contribution in [0.15, 0.2) is 24.3 Å². The maximum Gasteiger partial charge on any atom is 0.231 e. The van der Waals surface area contributed by atoms with E-state index in [0.29, 0.717) is 0 Å². The van der Waals surface area contributed by atoms with Gasteiger partial charge in [0.25, 0.3) is 0 Å². The number of fused-ring (bicyclic) bond motifs is 4. The highest BCUT2D eigenvalue weighted by molar-refractivity contribution is 5.84. The summed E-state index contributed by atoms with van der Waals surface area (Å²) in [5.74, 6) is 2.44. The Morgan fingerprint density at radius 2 is 2.17 bits per heavy atom. The summed E-state index contributed by atoms with van der Waals surface area (Å²) in [6.07, 6.45) is 2.61. The van der Waals surface area contributed by atoms with Crippen LogP contribution in [-0.2, 0) is 17.6 Å². The lowest BCUT2D eigenvalue weighted by atomic mass is 9.76. The second kappa shape index (κ2) is 4.90. The molecule has 1 atom stereocenters. The molecule has 0 saturated carbocycles. The predicted molar refractivity (Wildman–Crippen MR) is 87.5 cm³/mol. The average Bonchev–Trinajstić information content (AvgIpc) is 3.09. The zero-order valence-corrected chi connectivity index (χ0v) is 13.4. The summed E-state index contributed by atoms with van der Waals surface area (Å²) in [5.41, 5.74) is 5.89. The van der Waals surface area contributed by atoms with Gasteiger partial charge in [-0.3, -0.25) is 4.79 Å². The molecule has 0 aromatic heterocycles. The normalized spacial score (nSPS) is 19.5. The lowest BCUT2D eigenvalue weighted by Gasteiger charge is -2.40. The Morgan fingerprint density at radius 3 is 3.00 bits per heavy atom. The van der Waals surface area contributed by atoms with Gasteiger partial charge in [0.05, 0.1) is 13.2 Å². The quantitative estimate of drug-likeness (QED) is 0.797. The van der Waals surface area contributed by atoms with Crippen LogP contribution in [0.5, 0.6) is 17.2 Å². The number of methoxy groups -OCH3 is 1. The van der Waals surface area contributed by atoms with Crippen molar-refractivity contribution in [2.45, 2.75) is 18.9 Å². The van der Waals surface area contributed by atoms with E-state index < -0.39 is 0 Å². The molecule has 0 fully saturated rings. The van der Waals surface area contributed by atoms with Crippen LogP contribution in [0.3, 0.4) is 0 Å². The van der Waals surface area contributed by atoms with E-state index in [9.17, 15) is 4.79 Å². The molecule has 1 amide bonds. The van der Waals surface area contributed by atoms with Crippen LogP contribution in [0.25, 0.3) is 11.1 Å². The van der Waals surface area contributed by atoms with Gasteiger partial charge in [0.1, 0.15) is 5.75 Å². The highest BCUT2D eigenvalue weighted by Gasteiger charge is 2.38. The Kier molecular flexibility index (Phi) is 2.80. The average molecular weight is 323 g/mol. The molecule has 2 heterocycles. The largest absolute Gasteiger partial charge is 0.497 e. The molecule has 5 rings (SSSR count). The first-order valence-electron chi connectivity index (χ1n) is 8.14. The maximum absolute atomic E-state index is 11.6. The topological polar surface area (TPSA) is 48.0 Å². The Balaban J connectivity index is 1.82. The smallest absolute Gasteiger partial charge is 0.231 e. The van der Waals surface area contributed by atoms with Crippen LogP contribution >= 0.6 is 0 Å². The number of hydrogen-bond donors (Lipinski definition) is 0. The van der Waals surface area contributed by atoms with Crippen molar-refractivity contribution in [3.8, 4) is 28.4 Å². The molecule has 24 heavy (non-hydrogen) atoms. The molecule has 2 aromatic rings. The van der Waals surface area contributed by atoms with E-state index in [0.717, 1.165) is 54.2 Å². The van der Waals surface area contributed by atoms with Crippen molar-refractivity contribution in [3.05, 3.63) is 41.0 Å². The first-order chi connectivity index (χ1) is 11.8. The van der Waals surface area contributed by atoms with Gasteiger partial charge in [-0.1, -0.05) is 6.07 Å². The number of carbonyl (C=O) groups is 1. The van der Waals surface area contributed by atoms with E-state index in [1.165, 1.54) is 16.7 Å². The fraction of sp³-hybridized carbons (Fsp3) is 0.316. The minimum absolute atomic E-state index is 0.0513. The van der Waals surface area contributed by atoms with Crippen molar-refractivity contribution in [2.24, 2.45) is 0 Å². The summed E-state index contributed by atoms with van der Waals surface area (Å²) >= 11 is 0. The number of hydrogen-bond acceptors (Lipinski definition) is 4. The lowest BCUT2D eigenvalue weighted by molar-refractivity contribution is -0.120. The molecule has 0 unspecified atom stereocenters. The molecule has 0 radical (unpaired) electrons. The molecule has 2 aromatic carbocycles. The van der Waals surface area contributed by atoms with E-state index >= 15 is 0 Å². The van der Waals surface area contributed by atoms with Crippen LogP contribution in [0.4, 0.5) is 0 Å². The first kappa shape index (κ1) is 13.7. The van der Waals surface area contributed by atoms with Gasteiger partial charge in [-0.05, 0) is 53.3 Å². The van der Waals surface area contributed by atoms with E-state index in [-0.39, 0.29) is 12.8 Å². The molecule has 0 saturated heterocycles. The van der Waals surface area contributed by atoms with Gasteiger partial charge in [-0.25, -0.2) is 0 Å². The summed E-state index contributed by atoms with van der Waals surface area (Å²) in [7, 11) is 1.67. The maximum atomic E-state index is 11.6. The van der Waals surface area contributed by atoms with Crippen molar-refractivity contribution in [2.75, 3.05) is 20.4 Å². The number of benzene rings is 2. The van der Waals surface area contributed by atoms with Crippen LogP contribution in [-0.4, -0.2) is 31.8 Å².